The average molecular weight is 372 g/mol. The second-order valence-corrected chi connectivity index (χ2v) is 6.78. The fraction of sp³-hybridized carbons (Fsp3) is 0.350. The molecule has 0 bridgehead atoms. The molecule has 0 fully saturated rings. The summed E-state index contributed by atoms with van der Waals surface area (Å²) in [6, 6.07) is 9.98. The molecular weight excluding hydrogens is 348 g/mol. The molecule has 7 heteroatoms. The highest BCUT2D eigenvalue weighted by molar-refractivity contribution is 5.92. The molecule has 2 rings (SSSR count). The van der Waals surface area contributed by atoms with Crippen LogP contribution in [0.3, 0.4) is 0 Å². The van der Waals surface area contributed by atoms with Crippen LogP contribution in [-0.4, -0.2) is 29.3 Å². The van der Waals surface area contributed by atoms with Crippen LogP contribution >= 0.6 is 0 Å². The van der Waals surface area contributed by atoms with E-state index in [0.29, 0.717) is 17.1 Å². The van der Waals surface area contributed by atoms with Crippen LogP contribution in [0.25, 0.3) is 0 Å². The Hall–Kier alpha value is -3.09. The number of nitrogens with zero attached hydrogens (tertiary/aromatic N) is 1. The molecule has 0 unspecified atom stereocenters. The number of aromatic nitrogens is 1. The van der Waals surface area contributed by atoms with Crippen molar-refractivity contribution in [1.82, 2.24) is 4.98 Å². The summed E-state index contributed by atoms with van der Waals surface area (Å²) < 4.78 is 16.0. The minimum absolute atomic E-state index is 0.168. The highest BCUT2D eigenvalue weighted by Gasteiger charge is 2.17. The van der Waals surface area contributed by atoms with E-state index in [0.717, 1.165) is 0 Å². The Morgan fingerprint density at radius 3 is 2.33 bits per heavy atom. The van der Waals surface area contributed by atoms with Crippen molar-refractivity contribution in [3.8, 4) is 11.6 Å². The molecule has 1 aromatic carbocycles. The van der Waals surface area contributed by atoms with Crippen molar-refractivity contribution in [2.75, 3.05) is 11.9 Å². The molecule has 0 aliphatic carbocycles. The van der Waals surface area contributed by atoms with E-state index in [-0.39, 0.29) is 18.1 Å². The van der Waals surface area contributed by atoms with E-state index in [9.17, 15) is 9.59 Å². The maximum Gasteiger partial charge on any atom is 0.412 e. The van der Waals surface area contributed by atoms with Crippen molar-refractivity contribution in [2.24, 2.45) is 0 Å². The predicted octanol–water partition coefficient (Wildman–Crippen LogP) is 4.71. The molecule has 0 aliphatic heterocycles. The first-order chi connectivity index (χ1) is 12.7. The molecule has 0 saturated carbocycles. The summed E-state index contributed by atoms with van der Waals surface area (Å²) in [4.78, 5) is 28.1. The number of benzene rings is 1. The summed E-state index contributed by atoms with van der Waals surface area (Å²) in [6.07, 6.45) is -0.541. The van der Waals surface area contributed by atoms with Crippen molar-refractivity contribution in [1.29, 1.82) is 0 Å². The van der Waals surface area contributed by atoms with Gasteiger partial charge in [-0.1, -0.05) is 0 Å². The molecule has 0 radical (unpaired) electrons. The van der Waals surface area contributed by atoms with Gasteiger partial charge in [0.15, 0.2) is 0 Å². The molecule has 1 amide bonds. The van der Waals surface area contributed by atoms with Crippen molar-refractivity contribution < 1.29 is 23.8 Å². The summed E-state index contributed by atoms with van der Waals surface area (Å²) in [5.74, 6) is 0.137. The molecule has 27 heavy (non-hydrogen) atoms. The van der Waals surface area contributed by atoms with Gasteiger partial charge in [0, 0.05) is 11.4 Å². The number of hydrogen-bond acceptors (Lipinski definition) is 6. The van der Waals surface area contributed by atoms with Crippen LogP contribution in [0.4, 0.5) is 10.5 Å². The maximum absolute atomic E-state index is 12.1. The van der Waals surface area contributed by atoms with Gasteiger partial charge in [0.1, 0.15) is 16.9 Å². The smallest absolute Gasteiger partial charge is 0.412 e. The third kappa shape index (κ3) is 6.29. The largest absolute Gasteiger partial charge is 0.462 e. The Morgan fingerprint density at radius 2 is 1.74 bits per heavy atom. The Kier molecular flexibility index (Phi) is 6.39. The highest BCUT2D eigenvalue weighted by atomic mass is 16.6. The van der Waals surface area contributed by atoms with Crippen molar-refractivity contribution >= 4 is 17.7 Å². The Balaban J connectivity index is 2.12. The Bertz CT molecular complexity index is 810. The van der Waals surface area contributed by atoms with E-state index < -0.39 is 17.7 Å². The molecule has 7 nitrogen and oxygen atoms in total. The average Bonchev–Trinajstić information content (AvgIpc) is 2.55. The minimum atomic E-state index is -0.576. The number of anilines is 1. The van der Waals surface area contributed by atoms with Crippen LogP contribution < -0.4 is 10.1 Å². The molecule has 1 heterocycles. The summed E-state index contributed by atoms with van der Waals surface area (Å²) in [5, 5.41) is 2.64. The van der Waals surface area contributed by atoms with Crippen LogP contribution in [-0.2, 0) is 9.47 Å². The lowest BCUT2D eigenvalue weighted by Crippen LogP contribution is -2.27. The molecule has 1 N–H and O–H groups in total. The summed E-state index contributed by atoms with van der Waals surface area (Å²) >= 11 is 0. The van der Waals surface area contributed by atoms with E-state index in [1.54, 1.807) is 71.0 Å². The van der Waals surface area contributed by atoms with Crippen LogP contribution in [0.2, 0.25) is 0 Å². The number of pyridine rings is 1. The number of amides is 1. The number of carbonyl (C=O) groups is 2. The van der Waals surface area contributed by atoms with Gasteiger partial charge in [0.2, 0.25) is 5.88 Å². The lowest BCUT2D eigenvalue weighted by Gasteiger charge is -2.19. The molecular formula is C20H24N2O5. The van der Waals surface area contributed by atoms with E-state index >= 15 is 0 Å². The normalized spacial score (nSPS) is 10.9. The number of esters is 1. The van der Waals surface area contributed by atoms with Crippen molar-refractivity contribution in [3.63, 3.8) is 0 Å². The molecule has 144 valence electrons. The number of hydrogen-bond donors (Lipinski definition) is 1. The van der Waals surface area contributed by atoms with Crippen LogP contribution in [0, 0.1) is 6.92 Å². The topological polar surface area (TPSA) is 86.8 Å². The monoisotopic (exact) mass is 372 g/mol. The van der Waals surface area contributed by atoms with Gasteiger partial charge in [-0.05, 0) is 71.0 Å². The number of ether oxygens (including phenoxy) is 3. The minimum Gasteiger partial charge on any atom is -0.462 e. The van der Waals surface area contributed by atoms with E-state index in [1.807, 2.05) is 0 Å². The maximum atomic E-state index is 12.1. The quantitative estimate of drug-likeness (QED) is 0.765. The van der Waals surface area contributed by atoms with Crippen molar-refractivity contribution in [3.05, 3.63) is 47.7 Å². The highest BCUT2D eigenvalue weighted by Crippen LogP contribution is 2.26. The molecule has 0 aliphatic rings. The fourth-order valence-corrected chi connectivity index (χ4v) is 2.11. The number of nitrogens with one attached hydrogen (secondary N) is 1. The van der Waals surface area contributed by atoms with Gasteiger partial charge in [-0.25, -0.2) is 14.6 Å². The molecule has 1 aromatic heterocycles. The Labute approximate surface area is 158 Å². The second kappa shape index (κ2) is 8.53. The van der Waals surface area contributed by atoms with Gasteiger partial charge in [-0.3, -0.25) is 5.32 Å². The third-order valence-corrected chi connectivity index (χ3v) is 3.21. The summed E-state index contributed by atoms with van der Waals surface area (Å²) in [6.45, 7) is 9.17. The lowest BCUT2D eigenvalue weighted by molar-refractivity contribution is 0.0521. The van der Waals surface area contributed by atoms with Crippen LogP contribution in [0.15, 0.2) is 36.4 Å². The predicted molar refractivity (Wildman–Crippen MR) is 101 cm³/mol. The molecule has 0 atom stereocenters. The van der Waals surface area contributed by atoms with Crippen LogP contribution in [0.1, 0.15) is 43.7 Å². The zero-order valence-corrected chi connectivity index (χ0v) is 16.2. The van der Waals surface area contributed by atoms with Gasteiger partial charge in [0.25, 0.3) is 0 Å². The fourth-order valence-electron chi connectivity index (χ4n) is 2.11. The number of carbonyl (C=O) groups excluding carboxylic acids is 2. The number of aryl methyl sites for hydroxylation is 1. The first-order valence-electron chi connectivity index (χ1n) is 8.60. The van der Waals surface area contributed by atoms with Gasteiger partial charge < -0.3 is 14.2 Å². The van der Waals surface area contributed by atoms with E-state index in [4.69, 9.17) is 14.2 Å². The molecule has 0 saturated heterocycles. The first kappa shape index (κ1) is 20.2. The second-order valence-electron chi connectivity index (χ2n) is 6.78. The van der Waals surface area contributed by atoms with Crippen molar-refractivity contribution in [2.45, 2.75) is 40.2 Å². The third-order valence-electron chi connectivity index (χ3n) is 3.21. The van der Waals surface area contributed by atoms with Crippen LogP contribution in [0.5, 0.6) is 11.6 Å². The standard InChI is InChI=1S/C20H24N2O5/c1-6-25-18(23)16-12-7-13(2)21-17(16)26-15-10-8-14(9-11-15)22-19(24)27-20(3,4)5/h7-12H,6H2,1-5H3,(H,22,24). The SMILES string of the molecule is CCOC(=O)c1ccc(C)nc1Oc1ccc(NC(=O)OC(C)(C)C)cc1. The van der Waals surface area contributed by atoms with E-state index in [2.05, 4.69) is 10.3 Å². The van der Waals surface area contributed by atoms with Gasteiger partial charge >= 0.3 is 12.1 Å². The van der Waals surface area contributed by atoms with Gasteiger partial charge in [-0.2, -0.15) is 0 Å². The molecule has 0 spiro atoms. The van der Waals surface area contributed by atoms with Gasteiger partial charge in [0.05, 0.1) is 6.61 Å². The number of rotatable bonds is 5. The summed E-state index contributed by atoms with van der Waals surface area (Å²) in [7, 11) is 0. The zero-order valence-electron chi connectivity index (χ0n) is 16.2. The zero-order chi connectivity index (χ0) is 20.0. The first-order valence-corrected chi connectivity index (χ1v) is 8.60. The lowest BCUT2D eigenvalue weighted by atomic mass is 10.2. The Morgan fingerprint density at radius 1 is 1.07 bits per heavy atom. The molecule has 2 aromatic rings. The van der Waals surface area contributed by atoms with Gasteiger partial charge in [-0.15, -0.1) is 0 Å². The summed E-state index contributed by atoms with van der Waals surface area (Å²) in [5.41, 5.74) is 0.937. The van der Waals surface area contributed by atoms with E-state index in [1.165, 1.54) is 0 Å².